The summed E-state index contributed by atoms with van der Waals surface area (Å²) in [5.41, 5.74) is 5.55. The fourth-order valence-corrected chi connectivity index (χ4v) is 2.45. The summed E-state index contributed by atoms with van der Waals surface area (Å²) in [5.74, 6) is 1.75. The highest BCUT2D eigenvalue weighted by molar-refractivity contribution is 5.76. The van der Waals surface area contributed by atoms with E-state index in [1.807, 2.05) is 22.7 Å². The van der Waals surface area contributed by atoms with E-state index < -0.39 is 0 Å². The van der Waals surface area contributed by atoms with Crippen LogP contribution in [0.2, 0.25) is 0 Å². The summed E-state index contributed by atoms with van der Waals surface area (Å²) in [4.78, 5) is 18.8. The Morgan fingerprint density at radius 1 is 1.55 bits per heavy atom. The zero-order chi connectivity index (χ0) is 14.5. The summed E-state index contributed by atoms with van der Waals surface area (Å²) < 4.78 is 1.99. The minimum atomic E-state index is 0.263. The molecule has 0 aliphatic heterocycles. The molecule has 2 N–H and O–H groups in total. The lowest BCUT2D eigenvalue weighted by Crippen LogP contribution is -2.33. The van der Waals surface area contributed by atoms with Crippen LogP contribution in [-0.4, -0.2) is 32.9 Å². The molecule has 1 atom stereocenters. The number of nitrogens with two attached hydrogens (primary N) is 1. The van der Waals surface area contributed by atoms with E-state index in [0.29, 0.717) is 31.5 Å². The van der Waals surface area contributed by atoms with Gasteiger partial charge in [0.2, 0.25) is 5.91 Å². The maximum atomic E-state index is 12.4. The number of imidazole rings is 1. The Balaban J connectivity index is 1.88. The number of hydrogen-bond donors (Lipinski definition) is 1. The molecule has 0 spiro atoms. The number of aryl methyl sites for hydroxylation is 1. The molecule has 1 aliphatic carbocycles. The SMILES string of the molecule is CC(CCN)CCC(=O)N(Cc1nccn1C)C1CC1. The van der Waals surface area contributed by atoms with E-state index in [2.05, 4.69) is 11.9 Å². The molecule has 0 radical (unpaired) electrons. The second kappa shape index (κ2) is 6.88. The van der Waals surface area contributed by atoms with Crippen LogP contribution < -0.4 is 5.73 Å². The summed E-state index contributed by atoms with van der Waals surface area (Å²) in [6.07, 6.45) is 8.53. The first-order valence-corrected chi connectivity index (χ1v) is 7.57. The Labute approximate surface area is 121 Å². The Morgan fingerprint density at radius 3 is 2.85 bits per heavy atom. The highest BCUT2D eigenvalue weighted by Crippen LogP contribution is 2.29. The predicted octanol–water partition coefficient (Wildman–Crippen LogP) is 1.68. The number of rotatable bonds is 8. The van der Waals surface area contributed by atoms with Crippen molar-refractivity contribution >= 4 is 5.91 Å². The summed E-state index contributed by atoms with van der Waals surface area (Å²) in [6.45, 7) is 3.51. The highest BCUT2D eigenvalue weighted by atomic mass is 16.2. The second-order valence-electron chi connectivity index (χ2n) is 5.93. The Hall–Kier alpha value is -1.36. The molecule has 0 bridgehead atoms. The van der Waals surface area contributed by atoms with Crippen molar-refractivity contribution in [2.75, 3.05) is 6.54 Å². The summed E-state index contributed by atoms with van der Waals surface area (Å²) in [5, 5.41) is 0. The maximum absolute atomic E-state index is 12.4. The van der Waals surface area contributed by atoms with Gasteiger partial charge in [-0.15, -0.1) is 0 Å². The van der Waals surface area contributed by atoms with Crippen molar-refractivity contribution in [3.8, 4) is 0 Å². The average molecular weight is 278 g/mol. The van der Waals surface area contributed by atoms with Crippen LogP contribution in [0, 0.1) is 5.92 Å². The molecule has 1 saturated carbocycles. The maximum Gasteiger partial charge on any atom is 0.223 e. The number of carbonyl (C=O) groups excluding carboxylic acids is 1. The van der Waals surface area contributed by atoms with Gasteiger partial charge in [0.1, 0.15) is 5.82 Å². The minimum absolute atomic E-state index is 0.263. The van der Waals surface area contributed by atoms with Crippen LogP contribution in [0.5, 0.6) is 0 Å². The van der Waals surface area contributed by atoms with Crippen molar-refractivity contribution in [1.29, 1.82) is 0 Å². The third-order valence-electron chi connectivity index (χ3n) is 4.05. The monoisotopic (exact) mass is 278 g/mol. The Bertz CT molecular complexity index is 439. The van der Waals surface area contributed by atoms with Crippen molar-refractivity contribution in [1.82, 2.24) is 14.5 Å². The van der Waals surface area contributed by atoms with Crippen LogP contribution in [-0.2, 0) is 18.4 Å². The molecule has 1 amide bonds. The van der Waals surface area contributed by atoms with Crippen LogP contribution in [0.3, 0.4) is 0 Å². The molecule has 1 heterocycles. The molecule has 1 aromatic rings. The quantitative estimate of drug-likeness (QED) is 0.787. The third kappa shape index (κ3) is 4.07. The van der Waals surface area contributed by atoms with Crippen molar-refractivity contribution in [2.24, 2.45) is 18.7 Å². The van der Waals surface area contributed by atoms with E-state index in [1.165, 1.54) is 0 Å². The van der Waals surface area contributed by atoms with Gasteiger partial charge in [0.15, 0.2) is 0 Å². The fraction of sp³-hybridized carbons (Fsp3) is 0.733. The van der Waals surface area contributed by atoms with E-state index >= 15 is 0 Å². The molecule has 1 aliphatic rings. The van der Waals surface area contributed by atoms with Gasteiger partial charge in [-0.2, -0.15) is 0 Å². The average Bonchev–Trinajstić information content (AvgIpc) is 3.18. The van der Waals surface area contributed by atoms with E-state index in [4.69, 9.17) is 5.73 Å². The lowest BCUT2D eigenvalue weighted by molar-refractivity contribution is -0.132. The molecule has 1 unspecified atom stereocenters. The number of nitrogens with zero attached hydrogens (tertiary/aromatic N) is 3. The van der Waals surface area contributed by atoms with Crippen LogP contribution >= 0.6 is 0 Å². The van der Waals surface area contributed by atoms with Crippen molar-refractivity contribution in [3.05, 3.63) is 18.2 Å². The van der Waals surface area contributed by atoms with Crippen molar-refractivity contribution < 1.29 is 4.79 Å². The lowest BCUT2D eigenvalue weighted by Gasteiger charge is -2.23. The molecule has 2 rings (SSSR count). The minimum Gasteiger partial charge on any atom is -0.337 e. The van der Waals surface area contributed by atoms with Crippen LogP contribution in [0.4, 0.5) is 0 Å². The van der Waals surface area contributed by atoms with Gasteiger partial charge >= 0.3 is 0 Å². The smallest absolute Gasteiger partial charge is 0.223 e. The molecule has 20 heavy (non-hydrogen) atoms. The molecule has 5 heteroatoms. The molecule has 5 nitrogen and oxygen atoms in total. The number of carbonyl (C=O) groups is 1. The van der Waals surface area contributed by atoms with E-state index in [-0.39, 0.29) is 5.91 Å². The second-order valence-corrected chi connectivity index (χ2v) is 5.93. The van der Waals surface area contributed by atoms with Crippen molar-refractivity contribution in [2.45, 2.75) is 51.6 Å². The molecular weight excluding hydrogens is 252 g/mol. The number of hydrogen-bond acceptors (Lipinski definition) is 3. The number of amides is 1. The van der Waals surface area contributed by atoms with Gasteiger partial charge in [0, 0.05) is 31.9 Å². The van der Waals surface area contributed by atoms with Gasteiger partial charge in [-0.3, -0.25) is 4.79 Å². The zero-order valence-electron chi connectivity index (χ0n) is 12.6. The molecule has 1 fully saturated rings. The van der Waals surface area contributed by atoms with Gasteiger partial charge in [0.25, 0.3) is 0 Å². The zero-order valence-corrected chi connectivity index (χ0v) is 12.6. The topological polar surface area (TPSA) is 64.2 Å². The standard InChI is InChI=1S/C15H26N4O/c1-12(7-8-16)3-6-15(20)19(13-4-5-13)11-14-17-9-10-18(14)2/h9-10,12-13H,3-8,11,16H2,1-2H3. The first-order valence-electron chi connectivity index (χ1n) is 7.57. The number of aromatic nitrogens is 2. The van der Waals surface area contributed by atoms with Gasteiger partial charge in [0.05, 0.1) is 6.54 Å². The first-order chi connectivity index (χ1) is 9.61. The lowest BCUT2D eigenvalue weighted by atomic mass is 10.0. The molecule has 0 saturated heterocycles. The normalized spacial score (nSPS) is 16.1. The third-order valence-corrected chi connectivity index (χ3v) is 4.05. The van der Waals surface area contributed by atoms with E-state index in [1.54, 1.807) is 6.20 Å². The summed E-state index contributed by atoms with van der Waals surface area (Å²) in [6, 6.07) is 0.434. The van der Waals surface area contributed by atoms with Gasteiger partial charge in [-0.25, -0.2) is 4.98 Å². The largest absolute Gasteiger partial charge is 0.337 e. The predicted molar refractivity (Wildman–Crippen MR) is 78.8 cm³/mol. The van der Waals surface area contributed by atoms with Gasteiger partial charge in [-0.1, -0.05) is 6.92 Å². The molecule has 1 aromatic heterocycles. The molecule has 0 aromatic carbocycles. The van der Waals surface area contributed by atoms with E-state index in [9.17, 15) is 4.79 Å². The van der Waals surface area contributed by atoms with Crippen LogP contribution in [0.25, 0.3) is 0 Å². The Morgan fingerprint density at radius 2 is 2.30 bits per heavy atom. The first kappa shape index (κ1) is 15.0. The molecule has 112 valence electrons. The fourth-order valence-electron chi connectivity index (χ4n) is 2.45. The van der Waals surface area contributed by atoms with Gasteiger partial charge < -0.3 is 15.2 Å². The van der Waals surface area contributed by atoms with E-state index in [0.717, 1.165) is 31.5 Å². The Kier molecular flexibility index (Phi) is 5.17. The molecular formula is C15H26N4O. The highest BCUT2D eigenvalue weighted by Gasteiger charge is 2.32. The van der Waals surface area contributed by atoms with Crippen LogP contribution in [0.1, 0.15) is 44.9 Å². The van der Waals surface area contributed by atoms with Crippen molar-refractivity contribution in [3.63, 3.8) is 0 Å². The summed E-state index contributed by atoms with van der Waals surface area (Å²) >= 11 is 0. The van der Waals surface area contributed by atoms with Crippen LogP contribution in [0.15, 0.2) is 12.4 Å². The van der Waals surface area contributed by atoms with Gasteiger partial charge in [-0.05, 0) is 38.1 Å². The summed E-state index contributed by atoms with van der Waals surface area (Å²) in [7, 11) is 1.97.